The Kier molecular flexibility index (Phi) is 6.16. The van der Waals surface area contributed by atoms with Crippen LogP contribution in [0.1, 0.15) is 17.5 Å². The zero-order valence-electron chi connectivity index (χ0n) is 20.8. The van der Waals surface area contributed by atoms with Crippen molar-refractivity contribution in [1.82, 2.24) is 34.1 Å². The van der Waals surface area contributed by atoms with Crippen molar-refractivity contribution in [2.45, 2.75) is 32.0 Å². The van der Waals surface area contributed by atoms with Crippen LogP contribution >= 0.6 is 0 Å². The van der Waals surface area contributed by atoms with Crippen LogP contribution in [0.25, 0.3) is 11.2 Å². The van der Waals surface area contributed by atoms with E-state index in [1.165, 1.54) is 6.33 Å². The molecule has 37 heavy (non-hydrogen) atoms. The monoisotopic (exact) mass is 499 g/mol. The molecule has 0 amide bonds. The van der Waals surface area contributed by atoms with Gasteiger partial charge in [-0.25, -0.2) is 19.0 Å². The highest BCUT2D eigenvalue weighted by atomic mass is 16.5. The van der Waals surface area contributed by atoms with E-state index in [1.54, 1.807) is 18.0 Å². The van der Waals surface area contributed by atoms with Crippen molar-refractivity contribution in [2.24, 2.45) is 5.73 Å². The molecular formula is C26H29N9O2. The number of benzene rings is 1. The van der Waals surface area contributed by atoms with Crippen molar-refractivity contribution in [3.63, 3.8) is 0 Å². The molecule has 0 aliphatic carbocycles. The van der Waals surface area contributed by atoms with Crippen LogP contribution in [0.15, 0.2) is 61.4 Å². The molecular weight excluding hydrogens is 470 g/mol. The molecule has 6 rings (SSSR count). The van der Waals surface area contributed by atoms with Crippen LogP contribution in [0.5, 0.6) is 11.5 Å². The fraction of sp³-hybridized carbons (Fsp3) is 0.308. The largest absolute Gasteiger partial charge is 0.457 e. The number of hydrogen-bond donors (Lipinski definition) is 2. The molecule has 190 valence electrons. The Morgan fingerprint density at radius 1 is 1.05 bits per heavy atom. The number of aromatic nitrogens is 6. The van der Waals surface area contributed by atoms with E-state index in [0.29, 0.717) is 5.75 Å². The summed E-state index contributed by atoms with van der Waals surface area (Å²) >= 11 is 0. The molecule has 0 saturated carbocycles. The van der Waals surface area contributed by atoms with E-state index in [1.807, 2.05) is 54.2 Å². The Morgan fingerprint density at radius 3 is 2.76 bits per heavy atom. The fourth-order valence-electron chi connectivity index (χ4n) is 4.84. The van der Waals surface area contributed by atoms with Gasteiger partial charge in [-0.2, -0.15) is 10.2 Å². The molecule has 1 aliphatic rings. The number of fused-ring (bicyclic) bond motifs is 2. The van der Waals surface area contributed by atoms with Crippen molar-refractivity contribution in [2.75, 3.05) is 25.5 Å². The molecule has 4 aromatic heterocycles. The molecule has 1 fully saturated rings. The highest BCUT2D eigenvalue weighted by Gasteiger charge is 2.27. The van der Waals surface area contributed by atoms with E-state index in [4.69, 9.17) is 15.2 Å². The highest BCUT2D eigenvalue weighted by molar-refractivity contribution is 5.76. The van der Waals surface area contributed by atoms with Gasteiger partial charge in [-0.3, -0.25) is 4.90 Å². The van der Waals surface area contributed by atoms with E-state index < -0.39 is 0 Å². The number of hydrogen-bond acceptors (Lipinski definition) is 9. The van der Waals surface area contributed by atoms with Gasteiger partial charge in [0.25, 0.3) is 0 Å². The van der Waals surface area contributed by atoms with Crippen molar-refractivity contribution in [3.05, 3.63) is 72.6 Å². The van der Waals surface area contributed by atoms with Crippen LogP contribution in [0.2, 0.25) is 0 Å². The van der Waals surface area contributed by atoms with Crippen LogP contribution in [0.4, 0.5) is 11.5 Å². The van der Waals surface area contributed by atoms with Gasteiger partial charge in [0.15, 0.2) is 11.5 Å². The first kappa shape index (κ1) is 23.3. The molecule has 3 N–H and O–H groups in total. The van der Waals surface area contributed by atoms with E-state index in [9.17, 15) is 0 Å². The third-order valence-corrected chi connectivity index (χ3v) is 6.85. The summed E-state index contributed by atoms with van der Waals surface area (Å²) in [4.78, 5) is 11.1. The number of aryl methyl sites for hydroxylation is 1. The number of ether oxygens (including phenoxy) is 2. The second-order valence-corrected chi connectivity index (χ2v) is 9.34. The molecule has 11 heteroatoms. The second kappa shape index (κ2) is 9.77. The summed E-state index contributed by atoms with van der Waals surface area (Å²) in [6, 6.07) is 11.9. The lowest BCUT2D eigenvalue weighted by atomic mass is 10.0. The van der Waals surface area contributed by atoms with Crippen LogP contribution in [-0.4, -0.2) is 66.4 Å². The van der Waals surface area contributed by atoms with Crippen molar-refractivity contribution >= 4 is 22.7 Å². The molecule has 1 saturated heterocycles. The Bertz CT molecular complexity index is 1550. The zero-order valence-corrected chi connectivity index (χ0v) is 20.8. The molecule has 0 spiro atoms. The maximum Gasteiger partial charge on any atom is 0.158 e. The minimum Gasteiger partial charge on any atom is -0.457 e. The van der Waals surface area contributed by atoms with Crippen LogP contribution in [0, 0.1) is 6.92 Å². The molecule has 2 atom stereocenters. The fourth-order valence-corrected chi connectivity index (χ4v) is 4.84. The van der Waals surface area contributed by atoms with E-state index in [0.717, 1.165) is 65.6 Å². The minimum atomic E-state index is 0.0402. The Balaban J connectivity index is 1.21. The number of pyridine rings is 1. The lowest BCUT2D eigenvalue weighted by molar-refractivity contribution is 0.0142. The summed E-state index contributed by atoms with van der Waals surface area (Å²) in [6.45, 7) is 4.52. The Hall–Kier alpha value is -4.06. The number of nitrogens with two attached hydrogens (primary N) is 1. The standard InChI is InChI=1S/C26H29N9O2/c1-17-11-19(3-4-22(17)37-20-6-10-34-24(12-20)28-15-30-34)32-26-25-18(5-9-35(25)31-16-29-26)13-33-8-7-21(27)23(14-33)36-2/h3-6,9-12,15-16,21,23H,7-8,13-14,27H2,1-2H3,(H,29,31,32)/t21-,23-/m1/s1. The predicted octanol–water partition coefficient (Wildman–Crippen LogP) is 3.16. The third kappa shape index (κ3) is 4.71. The van der Waals surface area contributed by atoms with Gasteiger partial charge < -0.3 is 20.5 Å². The van der Waals surface area contributed by atoms with Crippen LogP contribution in [-0.2, 0) is 11.3 Å². The normalized spacial score (nSPS) is 18.5. The molecule has 5 heterocycles. The molecule has 5 aromatic rings. The van der Waals surface area contributed by atoms with Crippen molar-refractivity contribution in [3.8, 4) is 11.5 Å². The van der Waals surface area contributed by atoms with Crippen molar-refractivity contribution < 1.29 is 9.47 Å². The van der Waals surface area contributed by atoms with Gasteiger partial charge in [0.1, 0.15) is 29.7 Å². The molecule has 11 nitrogen and oxygen atoms in total. The number of rotatable bonds is 7. The first-order valence-corrected chi connectivity index (χ1v) is 12.2. The SMILES string of the molecule is CO[C@@H]1CN(Cc2ccn3ncnc(Nc4ccc(Oc5ccn6ncnc6c5)c(C)c4)c23)CC[C@H]1N. The van der Waals surface area contributed by atoms with Crippen LogP contribution in [0.3, 0.4) is 0 Å². The van der Waals surface area contributed by atoms with Crippen LogP contribution < -0.4 is 15.8 Å². The summed E-state index contributed by atoms with van der Waals surface area (Å²) < 4.78 is 15.3. The average Bonchev–Trinajstić information content (AvgIpc) is 3.54. The Morgan fingerprint density at radius 2 is 1.89 bits per heavy atom. The Labute approximate surface area is 213 Å². The maximum absolute atomic E-state index is 6.21. The van der Waals surface area contributed by atoms with Crippen molar-refractivity contribution in [1.29, 1.82) is 0 Å². The molecule has 0 bridgehead atoms. The summed E-state index contributed by atoms with van der Waals surface area (Å²) in [5.74, 6) is 2.22. The third-order valence-electron chi connectivity index (χ3n) is 6.85. The molecule has 0 unspecified atom stereocenters. The number of nitrogens with zero attached hydrogens (tertiary/aromatic N) is 7. The summed E-state index contributed by atoms with van der Waals surface area (Å²) in [6.07, 6.45) is 7.82. The van der Waals surface area contributed by atoms with E-state index in [-0.39, 0.29) is 12.1 Å². The number of likely N-dealkylation sites (tertiary alicyclic amines) is 1. The van der Waals surface area contributed by atoms with E-state index in [2.05, 4.69) is 36.4 Å². The average molecular weight is 500 g/mol. The number of nitrogens with one attached hydrogen (secondary N) is 1. The summed E-state index contributed by atoms with van der Waals surface area (Å²) in [5.41, 5.74) is 10.9. The smallest absolute Gasteiger partial charge is 0.158 e. The zero-order chi connectivity index (χ0) is 25.4. The topological polar surface area (TPSA) is 120 Å². The summed E-state index contributed by atoms with van der Waals surface area (Å²) in [5, 5.41) is 12.0. The number of anilines is 2. The van der Waals surface area contributed by atoms with Gasteiger partial charge in [-0.1, -0.05) is 0 Å². The van der Waals surface area contributed by atoms with Gasteiger partial charge in [0.05, 0.1) is 6.10 Å². The summed E-state index contributed by atoms with van der Waals surface area (Å²) in [7, 11) is 1.73. The molecule has 1 aliphatic heterocycles. The molecule has 1 aromatic carbocycles. The first-order chi connectivity index (χ1) is 18.1. The first-order valence-electron chi connectivity index (χ1n) is 12.2. The van der Waals surface area contributed by atoms with Gasteiger partial charge in [0.2, 0.25) is 0 Å². The van der Waals surface area contributed by atoms with Gasteiger partial charge in [0, 0.05) is 56.9 Å². The second-order valence-electron chi connectivity index (χ2n) is 9.34. The molecule has 0 radical (unpaired) electrons. The number of methoxy groups -OCH3 is 1. The lowest BCUT2D eigenvalue weighted by Crippen LogP contribution is -2.51. The minimum absolute atomic E-state index is 0.0402. The van der Waals surface area contributed by atoms with E-state index >= 15 is 0 Å². The maximum atomic E-state index is 6.21. The predicted molar refractivity (Wildman–Crippen MR) is 139 cm³/mol. The quantitative estimate of drug-likeness (QED) is 0.348. The van der Waals surface area contributed by atoms with Gasteiger partial charge in [-0.05, 0) is 54.8 Å². The van der Waals surface area contributed by atoms with Gasteiger partial charge >= 0.3 is 0 Å². The lowest BCUT2D eigenvalue weighted by Gasteiger charge is -2.35. The van der Waals surface area contributed by atoms with Gasteiger partial charge in [-0.15, -0.1) is 0 Å². The highest BCUT2D eigenvalue weighted by Crippen LogP contribution is 2.30. The number of piperidine rings is 1.